The van der Waals surface area contributed by atoms with Crippen molar-refractivity contribution in [1.82, 2.24) is 0 Å². The minimum atomic E-state index is 0.983. The standard InChI is InChI=1S/C18H20/c1-5-6-7-12-18-14-13-15(2)10-8-9-11-16(3)17(18)4/h5-14H,2-3H2,1,4H3/b6-5-,10-8?,11-9?,12-7-,14-13?,18-17?. The SMILES string of the molecule is C=c1ccccc(=C)c(C)c(/C=C\C=C/C)cc1. The first-order valence-corrected chi connectivity index (χ1v) is 6.06. The van der Waals surface area contributed by atoms with Gasteiger partial charge >= 0.3 is 0 Å². The van der Waals surface area contributed by atoms with Gasteiger partial charge in [-0.3, -0.25) is 0 Å². The minimum absolute atomic E-state index is 0.983. The molecule has 0 aliphatic heterocycles. The summed E-state index contributed by atoms with van der Waals surface area (Å²) in [6.45, 7) is 12.1. The molecule has 0 spiro atoms. The molecule has 0 radical (unpaired) electrons. The van der Waals surface area contributed by atoms with Gasteiger partial charge in [0.05, 0.1) is 0 Å². The lowest BCUT2D eigenvalue weighted by atomic mass is 10.1. The molecule has 1 aromatic rings. The van der Waals surface area contributed by atoms with Gasteiger partial charge < -0.3 is 0 Å². The molecule has 0 aliphatic carbocycles. The van der Waals surface area contributed by atoms with Crippen molar-refractivity contribution in [3.05, 3.63) is 76.2 Å². The molecule has 92 valence electrons. The van der Waals surface area contributed by atoms with Crippen molar-refractivity contribution in [2.45, 2.75) is 13.8 Å². The van der Waals surface area contributed by atoms with Gasteiger partial charge in [0.25, 0.3) is 0 Å². The van der Waals surface area contributed by atoms with Crippen molar-refractivity contribution < 1.29 is 0 Å². The molecule has 18 heavy (non-hydrogen) atoms. The Balaban J connectivity index is 3.53. The fourth-order valence-electron chi connectivity index (χ4n) is 1.49. The Morgan fingerprint density at radius 3 is 2.39 bits per heavy atom. The van der Waals surface area contributed by atoms with Gasteiger partial charge in [-0.15, -0.1) is 0 Å². The first-order valence-electron chi connectivity index (χ1n) is 6.06. The summed E-state index contributed by atoms with van der Waals surface area (Å²) in [5.41, 5.74) is 2.32. The van der Waals surface area contributed by atoms with Crippen LogP contribution in [0, 0.1) is 6.92 Å². The van der Waals surface area contributed by atoms with Crippen LogP contribution in [0.15, 0.2) is 54.6 Å². The molecule has 1 rings (SSSR count). The molecule has 0 heteroatoms. The highest BCUT2D eigenvalue weighted by molar-refractivity contribution is 5.54. The van der Waals surface area contributed by atoms with Crippen LogP contribution < -0.4 is 10.4 Å². The first kappa shape index (κ1) is 14.0. The molecule has 0 saturated heterocycles. The number of allylic oxidation sites excluding steroid dienone is 3. The second kappa shape index (κ2) is 7.29. The molecule has 0 heterocycles. The highest BCUT2D eigenvalue weighted by atomic mass is 13.9. The average Bonchev–Trinajstić information content (AvgIpc) is 2.37. The van der Waals surface area contributed by atoms with Crippen LogP contribution in [0.2, 0.25) is 0 Å². The normalized spacial score (nSPS) is 10.8. The van der Waals surface area contributed by atoms with Crippen LogP contribution in [-0.4, -0.2) is 0 Å². The van der Waals surface area contributed by atoms with E-state index in [1.165, 1.54) is 5.56 Å². The number of rotatable bonds is 2. The predicted octanol–water partition coefficient (Wildman–Crippen LogP) is 3.53. The summed E-state index contributed by atoms with van der Waals surface area (Å²) >= 11 is 0. The van der Waals surface area contributed by atoms with E-state index >= 15 is 0 Å². The Bertz CT molecular complexity index is 603. The molecule has 0 saturated carbocycles. The lowest BCUT2D eigenvalue weighted by Crippen LogP contribution is -2.01. The second-order valence-electron chi connectivity index (χ2n) is 4.12. The molecule has 0 atom stereocenters. The number of hydrogen-bond donors (Lipinski definition) is 0. The molecule has 0 amide bonds. The van der Waals surface area contributed by atoms with Gasteiger partial charge in [-0.2, -0.15) is 0 Å². The Labute approximate surface area is 110 Å². The fraction of sp³-hybridized carbons (Fsp3) is 0.111. The summed E-state index contributed by atoms with van der Waals surface area (Å²) in [5, 5.41) is 2.01. The Hall–Kier alpha value is -2.08. The Morgan fingerprint density at radius 1 is 0.944 bits per heavy atom. The Kier molecular flexibility index (Phi) is 5.66. The van der Waals surface area contributed by atoms with Crippen LogP contribution in [0.5, 0.6) is 0 Å². The van der Waals surface area contributed by atoms with E-state index in [1.54, 1.807) is 0 Å². The molecule has 0 aliphatic rings. The van der Waals surface area contributed by atoms with E-state index in [-0.39, 0.29) is 0 Å². The van der Waals surface area contributed by atoms with Gasteiger partial charge in [0.2, 0.25) is 0 Å². The van der Waals surface area contributed by atoms with E-state index in [0.717, 1.165) is 16.0 Å². The monoisotopic (exact) mass is 236 g/mol. The van der Waals surface area contributed by atoms with Crippen molar-refractivity contribution in [2.24, 2.45) is 0 Å². The third-order valence-electron chi connectivity index (χ3n) is 2.69. The van der Waals surface area contributed by atoms with E-state index in [1.807, 2.05) is 55.5 Å². The first-order chi connectivity index (χ1) is 8.65. The molecular weight excluding hydrogens is 216 g/mol. The van der Waals surface area contributed by atoms with Gasteiger partial charge in [-0.1, -0.05) is 73.9 Å². The van der Waals surface area contributed by atoms with Crippen LogP contribution in [0.25, 0.3) is 19.2 Å². The lowest BCUT2D eigenvalue weighted by molar-refractivity contribution is 1.41. The van der Waals surface area contributed by atoms with Crippen LogP contribution in [0.1, 0.15) is 18.1 Å². The third kappa shape index (κ3) is 4.42. The molecule has 0 N–H and O–H groups in total. The van der Waals surface area contributed by atoms with Gasteiger partial charge in [-0.25, -0.2) is 0 Å². The van der Waals surface area contributed by atoms with Gasteiger partial charge in [0.1, 0.15) is 0 Å². The zero-order valence-corrected chi connectivity index (χ0v) is 11.2. The Morgan fingerprint density at radius 2 is 1.67 bits per heavy atom. The summed E-state index contributed by atoms with van der Waals surface area (Å²) in [6, 6.07) is 12.1. The van der Waals surface area contributed by atoms with Crippen molar-refractivity contribution in [1.29, 1.82) is 0 Å². The maximum atomic E-state index is 4.08. The highest BCUT2D eigenvalue weighted by Gasteiger charge is 1.89. The lowest BCUT2D eigenvalue weighted by Gasteiger charge is -1.96. The third-order valence-corrected chi connectivity index (χ3v) is 2.69. The second-order valence-corrected chi connectivity index (χ2v) is 4.12. The van der Waals surface area contributed by atoms with Crippen LogP contribution in [0.4, 0.5) is 0 Å². The van der Waals surface area contributed by atoms with E-state index in [9.17, 15) is 0 Å². The van der Waals surface area contributed by atoms with Crippen LogP contribution >= 0.6 is 0 Å². The average molecular weight is 236 g/mol. The maximum Gasteiger partial charge on any atom is -0.0221 e. The summed E-state index contributed by atoms with van der Waals surface area (Å²) in [6.07, 6.45) is 8.14. The molecule has 0 bridgehead atoms. The highest BCUT2D eigenvalue weighted by Crippen LogP contribution is 2.02. The maximum absolute atomic E-state index is 4.08. The smallest absolute Gasteiger partial charge is 0.0221 e. The zero-order chi connectivity index (χ0) is 13.4. The topological polar surface area (TPSA) is 0 Å². The number of hydrogen-bond acceptors (Lipinski definition) is 0. The van der Waals surface area contributed by atoms with Crippen LogP contribution in [-0.2, 0) is 0 Å². The van der Waals surface area contributed by atoms with Crippen molar-refractivity contribution in [3.63, 3.8) is 0 Å². The summed E-state index contributed by atoms with van der Waals surface area (Å²) in [7, 11) is 0. The van der Waals surface area contributed by atoms with Crippen LogP contribution in [0.3, 0.4) is 0 Å². The predicted molar refractivity (Wildman–Crippen MR) is 82.9 cm³/mol. The van der Waals surface area contributed by atoms with Gasteiger partial charge in [0.15, 0.2) is 0 Å². The largest absolute Gasteiger partial charge is 0.0918 e. The van der Waals surface area contributed by atoms with Crippen molar-refractivity contribution >= 4 is 19.2 Å². The summed E-state index contributed by atoms with van der Waals surface area (Å²) in [4.78, 5) is 0. The molecule has 0 fully saturated rings. The molecule has 1 aromatic carbocycles. The summed E-state index contributed by atoms with van der Waals surface area (Å²) in [5.74, 6) is 0. The minimum Gasteiger partial charge on any atom is -0.0918 e. The molecule has 0 aromatic heterocycles. The van der Waals surface area contributed by atoms with Crippen molar-refractivity contribution in [3.8, 4) is 0 Å². The van der Waals surface area contributed by atoms with E-state index < -0.39 is 0 Å². The zero-order valence-electron chi connectivity index (χ0n) is 11.2. The van der Waals surface area contributed by atoms with Crippen molar-refractivity contribution in [2.75, 3.05) is 0 Å². The fourth-order valence-corrected chi connectivity index (χ4v) is 1.49. The van der Waals surface area contributed by atoms with E-state index in [2.05, 4.69) is 32.2 Å². The molecular formula is C18H20. The van der Waals surface area contributed by atoms with Gasteiger partial charge in [0, 0.05) is 0 Å². The van der Waals surface area contributed by atoms with E-state index in [4.69, 9.17) is 0 Å². The molecule has 0 unspecified atom stereocenters. The molecule has 0 nitrogen and oxygen atoms in total. The van der Waals surface area contributed by atoms with E-state index in [0.29, 0.717) is 0 Å². The quantitative estimate of drug-likeness (QED) is 0.689. The van der Waals surface area contributed by atoms with Gasteiger partial charge in [-0.05, 0) is 35.4 Å². The summed E-state index contributed by atoms with van der Waals surface area (Å²) < 4.78 is 0.